The highest BCUT2D eigenvalue weighted by Gasteiger charge is 2.21. The van der Waals surface area contributed by atoms with E-state index in [0.717, 1.165) is 0 Å². The lowest BCUT2D eigenvalue weighted by Gasteiger charge is -2.13. The largest absolute Gasteiger partial charge is 0.352 e. The van der Waals surface area contributed by atoms with Crippen LogP contribution in [0.5, 0.6) is 0 Å². The summed E-state index contributed by atoms with van der Waals surface area (Å²) in [6.07, 6.45) is 5.94. The molecule has 2 aromatic carbocycles. The molecule has 3 rings (SSSR count). The highest BCUT2D eigenvalue weighted by Crippen LogP contribution is 2.27. The Morgan fingerprint density at radius 2 is 1.93 bits per heavy atom. The van der Waals surface area contributed by atoms with Gasteiger partial charge in [0.1, 0.15) is 4.90 Å². The molecule has 0 atom stereocenters. The van der Waals surface area contributed by atoms with E-state index in [2.05, 4.69) is 15.0 Å². The van der Waals surface area contributed by atoms with Crippen molar-refractivity contribution in [2.24, 2.45) is 0 Å². The van der Waals surface area contributed by atoms with Crippen molar-refractivity contribution in [2.45, 2.75) is 17.9 Å². The molecule has 0 saturated carbocycles. The third-order valence-electron chi connectivity index (χ3n) is 4.04. The summed E-state index contributed by atoms with van der Waals surface area (Å²) in [5.41, 5.74) is 0.370. The summed E-state index contributed by atoms with van der Waals surface area (Å²) in [5, 5.41) is 3.11. The first-order valence-corrected chi connectivity index (χ1v) is 10.9. The monoisotopic (exact) mass is 452 g/mol. The van der Waals surface area contributed by atoms with Gasteiger partial charge in [-0.2, -0.15) is 0 Å². The number of halogens is 2. The van der Waals surface area contributed by atoms with Crippen LogP contribution in [-0.2, 0) is 16.6 Å². The van der Waals surface area contributed by atoms with Crippen LogP contribution < -0.4 is 10.0 Å². The van der Waals surface area contributed by atoms with Crippen LogP contribution in [0.25, 0.3) is 0 Å². The highest BCUT2D eigenvalue weighted by atomic mass is 35.5. The van der Waals surface area contributed by atoms with E-state index < -0.39 is 10.0 Å². The zero-order valence-corrected chi connectivity index (χ0v) is 17.5. The topological polar surface area (TPSA) is 93.1 Å². The predicted octanol–water partition coefficient (Wildman–Crippen LogP) is 3.81. The molecule has 7 nitrogen and oxygen atoms in total. The van der Waals surface area contributed by atoms with E-state index in [1.54, 1.807) is 30.7 Å². The number of aryl methyl sites for hydroxylation is 1. The lowest BCUT2D eigenvalue weighted by Crippen LogP contribution is -2.26. The van der Waals surface area contributed by atoms with Gasteiger partial charge >= 0.3 is 0 Å². The molecule has 0 aliphatic rings. The van der Waals surface area contributed by atoms with Crippen LogP contribution in [0.3, 0.4) is 0 Å². The Kier molecular flexibility index (Phi) is 6.79. The van der Waals surface area contributed by atoms with Crippen molar-refractivity contribution >= 4 is 44.8 Å². The Bertz CT molecular complexity index is 1100. The number of hydrogen-bond donors (Lipinski definition) is 2. The van der Waals surface area contributed by atoms with Gasteiger partial charge < -0.3 is 9.88 Å². The average Bonchev–Trinajstić information content (AvgIpc) is 3.18. The van der Waals surface area contributed by atoms with Gasteiger partial charge in [-0.1, -0.05) is 35.3 Å². The van der Waals surface area contributed by atoms with Crippen molar-refractivity contribution in [3.05, 3.63) is 76.8 Å². The van der Waals surface area contributed by atoms with Crippen LogP contribution >= 0.6 is 23.2 Å². The molecule has 1 amide bonds. The van der Waals surface area contributed by atoms with Crippen LogP contribution in [0.4, 0.5) is 5.69 Å². The molecule has 0 bridgehead atoms. The number of aromatic nitrogens is 2. The summed E-state index contributed by atoms with van der Waals surface area (Å²) in [6.45, 7) is 1.14. The molecule has 0 aliphatic carbocycles. The van der Waals surface area contributed by atoms with Crippen LogP contribution in [0.1, 0.15) is 16.8 Å². The fourth-order valence-corrected chi connectivity index (χ4v) is 4.49. The zero-order valence-electron chi connectivity index (χ0n) is 15.2. The number of imidazole rings is 1. The number of nitrogens with zero attached hydrogens (tertiary/aromatic N) is 2. The molecule has 0 saturated heterocycles. The first-order chi connectivity index (χ1) is 13.9. The van der Waals surface area contributed by atoms with Crippen LogP contribution in [0.2, 0.25) is 10.0 Å². The number of rotatable bonds is 8. The van der Waals surface area contributed by atoms with E-state index in [1.165, 1.54) is 24.3 Å². The maximum atomic E-state index is 12.7. The first-order valence-electron chi connectivity index (χ1n) is 8.67. The van der Waals surface area contributed by atoms with Gasteiger partial charge in [0.25, 0.3) is 15.9 Å². The van der Waals surface area contributed by atoms with E-state index in [1.807, 2.05) is 10.8 Å². The molecule has 0 radical (unpaired) electrons. The lowest BCUT2D eigenvalue weighted by molar-refractivity contribution is 0.0953. The number of carbonyl (C=O) groups is 1. The number of sulfonamides is 1. The van der Waals surface area contributed by atoms with Gasteiger partial charge in [0.05, 0.1) is 22.6 Å². The lowest BCUT2D eigenvalue weighted by atomic mass is 10.1. The molecule has 2 N–H and O–H groups in total. The minimum absolute atomic E-state index is 0.00793. The van der Waals surface area contributed by atoms with Crippen LogP contribution in [-0.4, -0.2) is 30.4 Å². The Morgan fingerprint density at radius 3 is 2.66 bits per heavy atom. The maximum Gasteiger partial charge on any atom is 0.263 e. The Morgan fingerprint density at radius 1 is 1.14 bits per heavy atom. The molecule has 3 aromatic rings. The number of nitrogens with one attached hydrogen (secondary N) is 2. The molecule has 1 aromatic heterocycles. The summed E-state index contributed by atoms with van der Waals surface area (Å²) in [6, 6.07) is 10.4. The number of carbonyl (C=O) groups excluding carboxylic acids is 1. The van der Waals surface area contributed by atoms with E-state index in [9.17, 15) is 13.2 Å². The second-order valence-corrected chi connectivity index (χ2v) is 8.63. The molecule has 0 unspecified atom stereocenters. The quantitative estimate of drug-likeness (QED) is 0.508. The van der Waals surface area contributed by atoms with Gasteiger partial charge in [-0.3, -0.25) is 9.52 Å². The van der Waals surface area contributed by atoms with Gasteiger partial charge in [-0.25, -0.2) is 13.4 Å². The molecule has 0 aliphatic heterocycles. The third kappa shape index (κ3) is 5.50. The smallest absolute Gasteiger partial charge is 0.263 e. The standard InChI is InChI=1S/C19H18Cl2N4O3S/c20-14-6-7-18(16(21)12-14)29(27,28)24-17-5-2-1-4-15(17)19(26)23-8-3-10-25-11-9-22-13-25/h1-2,4-7,9,11-13,24H,3,8,10H2,(H,23,26). The molecule has 29 heavy (non-hydrogen) atoms. The third-order valence-corrected chi connectivity index (χ3v) is 6.12. The number of hydrogen-bond acceptors (Lipinski definition) is 4. The minimum Gasteiger partial charge on any atom is -0.352 e. The number of para-hydroxylation sites is 1. The molecule has 152 valence electrons. The van der Waals surface area contributed by atoms with Crippen molar-refractivity contribution < 1.29 is 13.2 Å². The fraction of sp³-hybridized carbons (Fsp3) is 0.158. The maximum absolute atomic E-state index is 12.7. The van der Waals surface area contributed by atoms with Gasteiger partial charge in [0, 0.05) is 30.5 Å². The zero-order chi connectivity index (χ0) is 20.9. The summed E-state index contributed by atoms with van der Waals surface area (Å²) in [4.78, 5) is 16.4. The fourth-order valence-electron chi connectivity index (χ4n) is 2.64. The second-order valence-electron chi connectivity index (χ2n) is 6.14. The van der Waals surface area contributed by atoms with Crippen molar-refractivity contribution in [3.63, 3.8) is 0 Å². The minimum atomic E-state index is -4.00. The van der Waals surface area contributed by atoms with Crippen LogP contribution in [0.15, 0.2) is 66.1 Å². The highest BCUT2D eigenvalue weighted by molar-refractivity contribution is 7.92. The molecule has 1 heterocycles. The number of benzene rings is 2. The summed E-state index contributed by atoms with van der Waals surface area (Å²) < 4.78 is 29.8. The van der Waals surface area contributed by atoms with E-state index in [0.29, 0.717) is 24.5 Å². The van der Waals surface area contributed by atoms with Gasteiger partial charge in [-0.15, -0.1) is 0 Å². The summed E-state index contributed by atoms with van der Waals surface area (Å²) in [7, 11) is -4.00. The SMILES string of the molecule is O=C(NCCCn1ccnc1)c1ccccc1NS(=O)(=O)c1ccc(Cl)cc1Cl. The average molecular weight is 453 g/mol. The van der Waals surface area contributed by atoms with Crippen molar-refractivity contribution in [1.29, 1.82) is 0 Å². The van der Waals surface area contributed by atoms with Gasteiger partial charge in [-0.05, 0) is 36.8 Å². The predicted molar refractivity (Wildman–Crippen MR) is 113 cm³/mol. The molecule has 0 fully saturated rings. The first kappa shape index (κ1) is 21.2. The van der Waals surface area contributed by atoms with Gasteiger partial charge in [0.2, 0.25) is 0 Å². The Labute approximate surface area is 178 Å². The summed E-state index contributed by atoms with van der Waals surface area (Å²) >= 11 is 11.8. The second kappa shape index (κ2) is 9.30. The van der Waals surface area contributed by atoms with E-state index in [4.69, 9.17) is 23.2 Å². The van der Waals surface area contributed by atoms with Gasteiger partial charge in [0.15, 0.2) is 0 Å². The van der Waals surface area contributed by atoms with Crippen LogP contribution in [0, 0.1) is 0 Å². The molecule has 10 heteroatoms. The molecule has 0 spiro atoms. The summed E-state index contributed by atoms with van der Waals surface area (Å²) in [5.74, 6) is -0.379. The number of amides is 1. The Balaban J connectivity index is 1.70. The Hall–Kier alpha value is -2.55. The van der Waals surface area contributed by atoms with Crippen molar-refractivity contribution in [3.8, 4) is 0 Å². The van der Waals surface area contributed by atoms with Crippen molar-refractivity contribution in [1.82, 2.24) is 14.9 Å². The van der Waals surface area contributed by atoms with E-state index in [-0.39, 0.29) is 27.1 Å². The molecular weight excluding hydrogens is 435 g/mol. The number of anilines is 1. The molecular formula is C19H18Cl2N4O3S. The normalized spacial score (nSPS) is 11.2. The van der Waals surface area contributed by atoms with Crippen molar-refractivity contribution in [2.75, 3.05) is 11.3 Å². The van der Waals surface area contributed by atoms with E-state index >= 15 is 0 Å².